The molecule has 0 amide bonds. The lowest BCUT2D eigenvalue weighted by atomic mass is 9.92. The van der Waals surface area contributed by atoms with E-state index < -0.39 is 0 Å². The molecule has 0 heterocycles. The molecule has 23 heavy (non-hydrogen) atoms. The van der Waals surface area contributed by atoms with Gasteiger partial charge >= 0.3 is 0 Å². The third kappa shape index (κ3) is 10.8. The monoisotopic (exact) mass is 327 g/mol. The molecule has 0 aliphatic carbocycles. The van der Waals surface area contributed by atoms with Gasteiger partial charge in [-0.15, -0.1) is 0 Å². The second kappa shape index (κ2) is 8.96. The van der Waals surface area contributed by atoms with Crippen LogP contribution in [0.15, 0.2) is 9.98 Å². The zero-order valence-electron chi connectivity index (χ0n) is 15.7. The van der Waals surface area contributed by atoms with Gasteiger partial charge < -0.3 is 28.3 Å². The highest BCUT2D eigenvalue weighted by atomic mass is 15.0. The molecule has 2 atom stereocenters. The lowest BCUT2D eigenvalue weighted by Gasteiger charge is -2.30. The summed E-state index contributed by atoms with van der Waals surface area (Å²) in [6.45, 7) is 12.5. The van der Waals surface area contributed by atoms with Crippen LogP contribution in [0.5, 0.6) is 0 Å². The second-order valence-electron chi connectivity index (χ2n) is 7.61. The molecule has 0 fully saturated rings. The molecule has 9 N–H and O–H groups in total. The maximum atomic E-state index is 5.51. The number of nitrogens with zero attached hydrogens (tertiary/aromatic N) is 2. The van der Waals surface area contributed by atoms with Gasteiger partial charge in [-0.05, 0) is 60.3 Å². The van der Waals surface area contributed by atoms with E-state index in [9.17, 15) is 0 Å². The molecule has 0 saturated heterocycles. The van der Waals surface area contributed by atoms with Gasteiger partial charge in [0.25, 0.3) is 0 Å². The van der Waals surface area contributed by atoms with Crippen LogP contribution in [0.4, 0.5) is 0 Å². The Morgan fingerprint density at radius 3 is 1.87 bits per heavy atom. The first kappa shape index (κ1) is 21.5. The molecule has 0 aromatic heterocycles. The van der Waals surface area contributed by atoms with Gasteiger partial charge in [0, 0.05) is 12.1 Å². The van der Waals surface area contributed by atoms with Crippen molar-refractivity contribution in [2.75, 3.05) is 0 Å². The summed E-state index contributed by atoms with van der Waals surface area (Å²) in [6.07, 6.45) is 3.80. The molecule has 0 rings (SSSR count). The zero-order valence-corrected chi connectivity index (χ0v) is 15.7. The normalized spacial score (nSPS) is 14.9. The van der Waals surface area contributed by atoms with E-state index in [2.05, 4.69) is 29.1 Å². The van der Waals surface area contributed by atoms with Gasteiger partial charge in [0.1, 0.15) is 0 Å². The van der Waals surface area contributed by atoms with Gasteiger partial charge in [0.2, 0.25) is 0 Å². The predicted molar refractivity (Wildman–Crippen MR) is 100 cm³/mol. The van der Waals surface area contributed by atoms with Crippen molar-refractivity contribution in [3.8, 4) is 0 Å². The first-order valence-corrected chi connectivity index (χ1v) is 8.34. The summed E-state index contributed by atoms with van der Waals surface area (Å²) in [7, 11) is 0. The van der Waals surface area contributed by atoms with E-state index in [1.54, 1.807) is 0 Å². The summed E-state index contributed by atoms with van der Waals surface area (Å²) < 4.78 is 0. The number of hydrogen-bond donors (Lipinski definition) is 5. The molecular formula is C16H37N7. The molecule has 0 aliphatic heterocycles. The predicted octanol–water partition coefficient (Wildman–Crippen LogP) is 1.02. The minimum atomic E-state index is -0.274. The number of guanidine groups is 2. The van der Waals surface area contributed by atoms with Crippen LogP contribution in [0.1, 0.15) is 67.2 Å². The van der Waals surface area contributed by atoms with Crippen LogP contribution in [0.25, 0.3) is 0 Å². The third-order valence-corrected chi connectivity index (χ3v) is 3.81. The van der Waals surface area contributed by atoms with Crippen molar-refractivity contribution in [1.82, 2.24) is 5.32 Å². The highest BCUT2D eigenvalue weighted by molar-refractivity contribution is 5.76. The van der Waals surface area contributed by atoms with Crippen molar-refractivity contribution >= 4 is 11.9 Å². The van der Waals surface area contributed by atoms with Gasteiger partial charge in [0.15, 0.2) is 11.9 Å². The Kier molecular flexibility index (Phi) is 8.37. The van der Waals surface area contributed by atoms with Crippen LogP contribution in [0, 0.1) is 0 Å². The SMILES string of the molecule is CCC(CC(C)(C)N=C(N)N)NC(C)CCC(C)(C)N=C(N)N. The van der Waals surface area contributed by atoms with Gasteiger partial charge in [-0.2, -0.15) is 0 Å². The molecule has 0 aliphatic rings. The highest BCUT2D eigenvalue weighted by Gasteiger charge is 2.24. The molecule has 0 aromatic carbocycles. The van der Waals surface area contributed by atoms with Crippen LogP contribution >= 0.6 is 0 Å². The molecule has 0 spiro atoms. The van der Waals surface area contributed by atoms with Crippen LogP contribution in [-0.2, 0) is 0 Å². The van der Waals surface area contributed by atoms with Crippen molar-refractivity contribution in [3.05, 3.63) is 0 Å². The first-order valence-electron chi connectivity index (χ1n) is 8.34. The van der Waals surface area contributed by atoms with Gasteiger partial charge in [-0.1, -0.05) is 6.92 Å². The molecule has 0 aromatic rings. The second-order valence-corrected chi connectivity index (χ2v) is 7.61. The maximum absolute atomic E-state index is 5.51. The zero-order chi connectivity index (χ0) is 18.3. The van der Waals surface area contributed by atoms with E-state index in [1.165, 1.54) is 0 Å². The van der Waals surface area contributed by atoms with Crippen LogP contribution in [-0.4, -0.2) is 35.1 Å². The van der Waals surface area contributed by atoms with Crippen LogP contribution in [0.3, 0.4) is 0 Å². The number of nitrogens with one attached hydrogen (secondary N) is 1. The summed E-state index contributed by atoms with van der Waals surface area (Å²) in [4.78, 5) is 8.58. The average molecular weight is 328 g/mol. The number of hydrogen-bond acceptors (Lipinski definition) is 3. The van der Waals surface area contributed by atoms with E-state index >= 15 is 0 Å². The fourth-order valence-electron chi connectivity index (χ4n) is 2.78. The van der Waals surface area contributed by atoms with E-state index in [4.69, 9.17) is 22.9 Å². The van der Waals surface area contributed by atoms with E-state index in [0.29, 0.717) is 12.1 Å². The molecular weight excluding hydrogens is 290 g/mol. The van der Waals surface area contributed by atoms with Crippen molar-refractivity contribution < 1.29 is 0 Å². The minimum Gasteiger partial charge on any atom is -0.370 e. The summed E-state index contributed by atoms with van der Waals surface area (Å²) in [5.41, 5.74) is 21.4. The summed E-state index contributed by atoms with van der Waals surface area (Å²) >= 11 is 0. The molecule has 0 radical (unpaired) electrons. The van der Waals surface area contributed by atoms with Crippen molar-refractivity contribution in [2.24, 2.45) is 32.9 Å². The lowest BCUT2D eigenvalue weighted by molar-refractivity contribution is 0.321. The number of nitrogens with two attached hydrogens (primary N) is 4. The average Bonchev–Trinajstić information content (AvgIpc) is 2.32. The van der Waals surface area contributed by atoms with E-state index in [1.807, 2.05) is 27.7 Å². The third-order valence-electron chi connectivity index (χ3n) is 3.81. The minimum absolute atomic E-state index is 0.136. The Bertz CT molecular complexity index is 405. The molecule has 136 valence electrons. The number of rotatable bonds is 10. The molecule has 0 bridgehead atoms. The number of aliphatic imine (C=N–C) groups is 2. The fraction of sp³-hybridized carbons (Fsp3) is 0.875. The van der Waals surface area contributed by atoms with Gasteiger partial charge in [-0.25, -0.2) is 9.98 Å². The Labute approximate surface area is 141 Å². The summed E-state index contributed by atoms with van der Waals surface area (Å²) in [6, 6.07) is 0.720. The largest absolute Gasteiger partial charge is 0.370 e. The summed E-state index contributed by atoms with van der Waals surface area (Å²) in [5, 5.41) is 3.66. The Balaban J connectivity index is 4.53. The van der Waals surface area contributed by atoms with Gasteiger partial charge in [0.05, 0.1) is 11.1 Å². The lowest BCUT2D eigenvalue weighted by Crippen LogP contribution is -2.42. The van der Waals surface area contributed by atoms with E-state index in [0.717, 1.165) is 25.7 Å². The fourth-order valence-corrected chi connectivity index (χ4v) is 2.78. The quantitative estimate of drug-likeness (QED) is 0.301. The van der Waals surface area contributed by atoms with Crippen LogP contribution < -0.4 is 28.3 Å². The van der Waals surface area contributed by atoms with Crippen molar-refractivity contribution in [2.45, 2.75) is 90.4 Å². The molecule has 7 nitrogen and oxygen atoms in total. The standard InChI is InChI=1S/C16H37N7/c1-7-12(10-16(5,6)23-14(19)20)21-11(2)8-9-15(3,4)22-13(17)18/h11-12,21H,7-10H2,1-6H3,(H4,17,18,22)(H4,19,20,23). The Morgan fingerprint density at radius 2 is 1.43 bits per heavy atom. The smallest absolute Gasteiger partial charge is 0.186 e. The molecule has 7 heteroatoms. The topological polar surface area (TPSA) is 141 Å². The van der Waals surface area contributed by atoms with Crippen molar-refractivity contribution in [1.29, 1.82) is 0 Å². The molecule has 0 saturated carbocycles. The Morgan fingerprint density at radius 1 is 0.957 bits per heavy atom. The van der Waals surface area contributed by atoms with Crippen LogP contribution in [0.2, 0.25) is 0 Å². The van der Waals surface area contributed by atoms with Crippen molar-refractivity contribution in [3.63, 3.8) is 0 Å². The van der Waals surface area contributed by atoms with Gasteiger partial charge in [-0.3, -0.25) is 0 Å². The molecule has 2 unspecified atom stereocenters. The maximum Gasteiger partial charge on any atom is 0.186 e. The van der Waals surface area contributed by atoms with E-state index in [-0.39, 0.29) is 23.0 Å². The first-order chi connectivity index (χ1) is 10.4. The Hall–Kier alpha value is -1.50. The summed E-state index contributed by atoms with van der Waals surface area (Å²) in [5.74, 6) is 0.276. The highest BCUT2D eigenvalue weighted by Crippen LogP contribution is 2.21.